The van der Waals surface area contributed by atoms with Gasteiger partial charge in [0.2, 0.25) is 5.91 Å². The summed E-state index contributed by atoms with van der Waals surface area (Å²) in [7, 11) is 0. The highest BCUT2D eigenvalue weighted by atomic mass is 16.7. The highest BCUT2D eigenvalue weighted by Gasteiger charge is 2.44. The molecule has 60 heavy (non-hydrogen) atoms. The van der Waals surface area contributed by atoms with Crippen LogP contribution in [0.15, 0.2) is 36.5 Å². The van der Waals surface area contributed by atoms with Gasteiger partial charge in [-0.25, -0.2) is 0 Å². The van der Waals surface area contributed by atoms with E-state index in [1.54, 1.807) is 0 Å². The minimum absolute atomic E-state index is 0.138. The lowest BCUT2D eigenvalue weighted by Gasteiger charge is -2.40. The molecule has 352 valence electrons. The Bertz CT molecular complexity index is 1030. The molecule has 7 unspecified atom stereocenters. The number of unbranched alkanes of at least 4 members (excludes halogenated alkanes) is 26. The fraction of sp³-hybridized carbons (Fsp3) is 0.863. The molecule has 6 N–H and O–H groups in total. The smallest absolute Gasteiger partial charge is 0.220 e. The van der Waals surface area contributed by atoms with Gasteiger partial charge in [-0.2, -0.15) is 0 Å². The Hall–Kier alpha value is -1.59. The SMILES string of the molecule is CCCCCCC/C=C\C/C=C\C/C=C\CCCCCCCCCCCCCCC(=O)NC(COC1OC(CO)C(O)C(O)C1O)C(O)CCCCCCCCCCCC. The fourth-order valence-electron chi connectivity index (χ4n) is 7.93. The maximum absolute atomic E-state index is 13.0. The fourth-order valence-corrected chi connectivity index (χ4v) is 7.93. The third-order valence-corrected chi connectivity index (χ3v) is 12.0. The summed E-state index contributed by atoms with van der Waals surface area (Å²) in [6.07, 6.45) is 44.5. The van der Waals surface area contributed by atoms with Gasteiger partial charge in [0, 0.05) is 6.42 Å². The summed E-state index contributed by atoms with van der Waals surface area (Å²) in [4.78, 5) is 13.0. The van der Waals surface area contributed by atoms with Gasteiger partial charge in [0.15, 0.2) is 6.29 Å². The number of nitrogens with one attached hydrogen (secondary N) is 1. The lowest BCUT2D eigenvalue weighted by Crippen LogP contribution is -2.60. The summed E-state index contributed by atoms with van der Waals surface area (Å²) < 4.78 is 11.2. The molecule has 0 spiro atoms. The number of rotatable bonds is 42. The lowest BCUT2D eigenvalue weighted by molar-refractivity contribution is -0.302. The molecule has 0 aliphatic carbocycles. The van der Waals surface area contributed by atoms with Crippen LogP contribution in [0.1, 0.15) is 226 Å². The highest BCUT2D eigenvalue weighted by Crippen LogP contribution is 2.23. The van der Waals surface area contributed by atoms with Gasteiger partial charge in [-0.05, 0) is 51.4 Å². The molecule has 1 aliphatic heterocycles. The summed E-state index contributed by atoms with van der Waals surface area (Å²) in [5.74, 6) is -0.148. The van der Waals surface area contributed by atoms with Crippen molar-refractivity contribution in [1.29, 1.82) is 0 Å². The molecule has 1 heterocycles. The lowest BCUT2D eigenvalue weighted by atomic mass is 9.99. The maximum atomic E-state index is 13.0. The van der Waals surface area contributed by atoms with E-state index in [0.29, 0.717) is 12.8 Å². The molecule has 9 heteroatoms. The van der Waals surface area contributed by atoms with Crippen molar-refractivity contribution in [2.45, 2.75) is 269 Å². The highest BCUT2D eigenvalue weighted by molar-refractivity contribution is 5.76. The average molecular weight is 850 g/mol. The third kappa shape index (κ3) is 31.3. The Labute approximate surface area is 368 Å². The first-order valence-corrected chi connectivity index (χ1v) is 25.2. The van der Waals surface area contributed by atoms with Crippen LogP contribution in [0, 0.1) is 0 Å². The van der Waals surface area contributed by atoms with Crippen molar-refractivity contribution in [3.63, 3.8) is 0 Å². The third-order valence-electron chi connectivity index (χ3n) is 12.0. The van der Waals surface area contributed by atoms with Crippen LogP contribution >= 0.6 is 0 Å². The minimum Gasteiger partial charge on any atom is -0.394 e. The van der Waals surface area contributed by atoms with Crippen molar-refractivity contribution >= 4 is 5.91 Å². The molecule has 0 bridgehead atoms. The summed E-state index contributed by atoms with van der Waals surface area (Å²) in [6, 6.07) is -0.718. The number of hydrogen-bond acceptors (Lipinski definition) is 8. The second kappa shape index (κ2) is 41.4. The van der Waals surface area contributed by atoms with Crippen LogP contribution in [0.25, 0.3) is 0 Å². The summed E-state index contributed by atoms with van der Waals surface area (Å²) >= 11 is 0. The predicted molar refractivity (Wildman–Crippen MR) is 249 cm³/mol. The molecule has 0 aromatic rings. The molecule has 1 aliphatic rings. The predicted octanol–water partition coefficient (Wildman–Crippen LogP) is 11.2. The molecule has 1 rings (SSSR count). The van der Waals surface area contributed by atoms with Gasteiger partial charge in [-0.15, -0.1) is 0 Å². The van der Waals surface area contributed by atoms with E-state index in [4.69, 9.17) is 9.47 Å². The van der Waals surface area contributed by atoms with E-state index in [-0.39, 0.29) is 12.5 Å². The first kappa shape index (κ1) is 56.4. The van der Waals surface area contributed by atoms with Gasteiger partial charge in [-0.3, -0.25) is 4.79 Å². The zero-order valence-electron chi connectivity index (χ0n) is 38.7. The van der Waals surface area contributed by atoms with Crippen molar-refractivity contribution < 1.29 is 39.8 Å². The number of aliphatic hydroxyl groups is 5. The quantitative estimate of drug-likeness (QED) is 0.0263. The van der Waals surface area contributed by atoms with Crippen molar-refractivity contribution in [2.24, 2.45) is 0 Å². The normalized spacial score (nSPS) is 20.8. The van der Waals surface area contributed by atoms with Gasteiger partial charge in [0.05, 0.1) is 25.4 Å². The summed E-state index contributed by atoms with van der Waals surface area (Å²) in [6.45, 7) is 3.80. The van der Waals surface area contributed by atoms with Crippen molar-refractivity contribution in [1.82, 2.24) is 5.32 Å². The Morgan fingerprint density at radius 2 is 0.983 bits per heavy atom. The molecule has 7 atom stereocenters. The van der Waals surface area contributed by atoms with Crippen LogP contribution in [0.3, 0.4) is 0 Å². The molecule has 9 nitrogen and oxygen atoms in total. The number of amides is 1. The Morgan fingerprint density at radius 1 is 0.567 bits per heavy atom. The van der Waals surface area contributed by atoms with Crippen LogP contribution in [-0.2, 0) is 14.3 Å². The van der Waals surface area contributed by atoms with Crippen LogP contribution in [0.4, 0.5) is 0 Å². The first-order chi connectivity index (χ1) is 29.3. The van der Waals surface area contributed by atoms with Crippen LogP contribution < -0.4 is 5.32 Å². The second-order valence-corrected chi connectivity index (χ2v) is 17.6. The van der Waals surface area contributed by atoms with Gasteiger partial charge < -0.3 is 40.3 Å². The number of aliphatic hydroxyl groups excluding tert-OH is 5. The van der Waals surface area contributed by atoms with E-state index in [1.807, 2.05) is 0 Å². The van der Waals surface area contributed by atoms with Gasteiger partial charge in [-0.1, -0.05) is 204 Å². The number of carbonyl (C=O) groups excluding carboxylic acids is 1. The Balaban J connectivity index is 2.18. The van der Waals surface area contributed by atoms with Crippen LogP contribution in [-0.4, -0.2) is 87.5 Å². The monoisotopic (exact) mass is 850 g/mol. The zero-order valence-corrected chi connectivity index (χ0v) is 38.7. The zero-order chi connectivity index (χ0) is 43.7. The maximum Gasteiger partial charge on any atom is 0.220 e. The largest absolute Gasteiger partial charge is 0.394 e. The number of hydrogen-bond donors (Lipinski definition) is 6. The molecular formula is C51H95NO8. The average Bonchev–Trinajstić information content (AvgIpc) is 3.25. The number of carbonyl (C=O) groups is 1. The minimum atomic E-state index is -1.55. The summed E-state index contributed by atoms with van der Waals surface area (Å²) in [5, 5.41) is 54.3. The van der Waals surface area contributed by atoms with E-state index >= 15 is 0 Å². The van der Waals surface area contributed by atoms with Crippen molar-refractivity contribution in [3.05, 3.63) is 36.5 Å². The van der Waals surface area contributed by atoms with E-state index < -0.39 is 49.5 Å². The standard InChI is InChI=1S/C51H95NO8/c1-3-5-7-9-11-13-15-16-17-18-19-20-21-22-23-24-25-26-27-28-29-30-31-33-35-37-39-41-47(55)52-44(43-59-51-50(58)49(57)48(56)46(42-53)60-51)45(54)40-38-36-34-32-14-12-10-8-6-4-2/h15-16,18-19,21-22,44-46,48-51,53-54,56-58H,3-14,17,20,23-43H2,1-2H3,(H,52,55)/b16-15-,19-18-,22-21-. The number of ether oxygens (including phenoxy) is 2. The van der Waals surface area contributed by atoms with E-state index in [1.165, 1.54) is 148 Å². The van der Waals surface area contributed by atoms with Crippen molar-refractivity contribution in [3.8, 4) is 0 Å². The molecule has 1 amide bonds. The summed E-state index contributed by atoms with van der Waals surface area (Å²) in [5.41, 5.74) is 0. The van der Waals surface area contributed by atoms with E-state index in [9.17, 15) is 30.3 Å². The Kier molecular flexibility index (Phi) is 39.0. The molecule has 0 aromatic carbocycles. The molecular weight excluding hydrogens is 755 g/mol. The van der Waals surface area contributed by atoms with Gasteiger partial charge in [0.25, 0.3) is 0 Å². The Morgan fingerprint density at radius 3 is 1.45 bits per heavy atom. The van der Waals surface area contributed by atoms with Crippen LogP contribution in [0.5, 0.6) is 0 Å². The topological polar surface area (TPSA) is 149 Å². The van der Waals surface area contributed by atoms with E-state index in [2.05, 4.69) is 55.6 Å². The van der Waals surface area contributed by atoms with Gasteiger partial charge in [0.1, 0.15) is 24.4 Å². The number of allylic oxidation sites excluding steroid dienone is 6. The molecule has 1 fully saturated rings. The van der Waals surface area contributed by atoms with Crippen LogP contribution in [0.2, 0.25) is 0 Å². The molecule has 0 saturated carbocycles. The van der Waals surface area contributed by atoms with E-state index in [0.717, 1.165) is 51.4 Å². The van der Waals surface area contributed by atoms with Gasteiger partial charge >= 0.3 is 0 Å². The second-order valence-electron chi connectivity index (χ2n) is 17.6. The first-order valence-electron chi connectivity index (χ1n) is 25.2. The molecule has 0 radical (unpaired) electrons. The molecule has 0 aromatic heterocycles. The molecule has 1 saturated heterocycles. The van der Waals surface area contributed by atoms with Crippen molar-refractivity contribution in [2.75, 3.05) is 13.2 Å².